The Balaban J connectivity index is 0.00000342. The number of halogens is 1. The lowest BCUT2D eigenvalue weighted by Gasteiger charge is -2.20. The van der Waals surface area contributed by atoms with Crippen molar-refractivity contribution in [1.82, 2.24) is 20.3 Å². The number of hydrogen-bond donors (Lipinski definition) is 3. The lowest BCUT2D eigenvalue weighted by Crippen LogP contribution is -2.44. The van der Waals surface area contributed by atoms with E-state index in [0.29, 0.717) is 18.9 Å². The van der Waals surface area contributed by atoms with Crippen LogP contribution in [0.2, 0.25) is 0 Å². The van der Waals surface area contributed by atoms with Crippen molar-refractivity contribution in [3.8, 4) is 22.4 Å². The van der Waals surface area contributed by atoms with Crippen LogP contribution in [0.4, 0.5) is 5.95 Å². The zero-order chi connectivity index (χ0) is 23.8. The Morgan fingerprint density at radius 3 is 2.49 bits per heavy atom. The van der Waals surface area contributed by atoms with Gasteiger partial charge in [-0.1, -0.05) is 60.2 Å². The first kappa shape index (κ1) is 25.8. The van der Waals surface area contributed by atoms with E-state index in [1.165, 1.54) is 5.56 Å². The van der Waals surface area contributed by atoms with Crippen LogP contribution < -0.4 is 16.4 Å². The van der Waals surface area contributed by atoms with Crippen LogP contribution in [0.3, 0.4) is 0 Å². The maximum Gasteiger partial charge on any atom is 0.234 e. The Bertz CT molecular complexity index is 1240. The minimum absolute atomic E-state index is 0. The quantitative estimate of drug-likeness (QED) is 0.328. The summed E-state index contributed by atoms with van der Waals surface area (Å²) in [5, 5.41) is 6.29. The fraction of sp³-hybridized carbons (Fsp3) is 0.185. The van der Waals surface area contributed by atoms with Crippen molar-refractivity contribution in [2.45, 2.75) is 19.4 Å². The molecule has 4 rings (SSSR count). The van der Waals surface area contributed by atoms with Crippen molar-refractivity contribution in [1.29, 1.82) is 0 Å². The zero-order valence-electron chi connectivity index (χ0n) is 19.5. The van der Waals surface area contributed by atoms with Gasteiger partial charge in [0.05, 0.1) is 18.3 Å². The van der Waals surface area contributed by atoms with Gasteiger partial charge in [0, 0.05) is 36.3 Å². The molecule has 1 atom stereocenters. The molecular weight excluding hydrogens is 460 g/mol. The van der Waals surface area contributed by atoms with Crippen molar-refractivity contribution in [2.24, 2.45) is 5.73 Å². The molecule has 4 aromatic rings. The normalized spacial score (nSPS) is 11.3. The van der Waals surface area contributed by atoms with Crippen LogP contribution in [0.5, 0.6) is 0 Å². The van der Waals surface area contributed by atoms with E-state index in [9.17, 15) is 4.79 Å². The number of pyridine rings is 1. The van der Waals surface area contributed by atoms with Gasteiger partial charge in [0.2, 0.25) is 11.9 Å². The number of carbonyl (C=O) groups excluding carboxylic acids is 1. The van der Waals surface area contributed by atoms with E-state index >= 15 is 0 Å². The summed E-state index contributed by atoms with van der Waals surface area (Å²) < 4.78 is 0. The smallest absolute Gasteiger partial charge is 0.234 e. The second-order valence-corrected chi connectivity index (χ2v) is 8.10. The first-order chi connectivity index (χ1) is 16.6. The number of amides is 1. The third-order valence-corrected chi connectivity index (χ3v) is 5.45. The highest BCUT2D eigenvalue weighted by molar-refractivity contribution is 5.85. The van der Waals surface area contributed by atoms with Crippen LogP contribution in [0.15, 0.2) is 85.3 Å². The van der Waals surface area contributed by atoms with E-state index in [1.807, 2.05) is 54.7 Å². The summed E-state index contributed by atoms with van der Waals surface area (Å²) in [4.78, 5) is 25.5. The van der Waals surface area contributed by atoms with Gasteiger partial charge in [0.1, 0.15) is 0 Å². The van der Waals surface area contributed by atoms with Crippen LogP contribution in [0.25, 0.3) is 22.4 Å². The summed E-state index contributed by atoms with van der Waals surface area (Å²) in [6, 6.07) is 22.0. The Hall–Kier alpha value is -3.81. The van der Waals surface area contributed by atoms with Crippen LogP contribution >= 0.6 is 12.4 Å². The molecule has 0 bridgehead atoms. The lowest BCUT2D eigenvalue weighted by molar-refractivity contribution is -0.120. The SMILES string of the molecule is Cc1cccc(-c2cnc(NC[C@H](Cc3ccccc3)NC(=O)CN)nc2-c2ccncc2)c1.Cl. The first-order valence-corrected chi connectivity index (χ1v) is 11.2. The van der Waals surface area contributed by atoms with Gasteiger partial charge in [0.15, 0.2) is 0 Å². The third kappa shape index (κ3) is 7.09. The molecule has 4 N–H and O–H groups in total. The maximum absolute atomic E-state index is 12.0. The summed E-state index contributed by atoms with van der Waals surface area (Å²) in [6.07, 6.45) is 6.01. The van der Waals surface area contributed by atoms with Gasteiger partial charge in [-0.05, 0) is 36.6 Å². The summed E-state index contributed by atoms with van der Waals surface area (Å²) in [6.45, 7) is 2.47. The Morgan fingerprint density at radius 1 is 1.00 bits per heavy atom. The first-order valence-electron chi connectivity index (χ1n) is 11.2. The number of anilines is 1. The molecule has 0 saturated heterocycles. The van der Waals surface area contributed by atoms with Crippen molar-refractivity contribution < 1.29 is 4.79 Å². The van der Waals surface area contributed by atoms with Gasteiger partial charge < -0.3 is 16.4 Å². The molecule has 2 aromatic carbocycles. The fourth-order valence-electron chi connectivity index (χ4n) is 3.79. The van der Waals surface area contributed by atoms with E-state index in [-0.39, 0.29) is 30.9 Å². The molecule has 0 saturated carbocycles. The molecule has 35 heavy (non-hydrogen) atoms. The highest BCUT2D eigenvalue weighted by Crippen LogP contribution is 2.31. The number of nitrogens with zero attached hydrogens (tertiary/aromatic N) is 3. The molecule has 0 spiro atoms. The lowest BCUT2D eigenvalue weighted by atomic mass is 10.00. The molecule has 0 aliphatic heterocycles. The number of rotatable bonds is 9. The van der Waals surface area contributed by atoms with E-state index in [4.69, 9.17) is 10.7 Å². The molecule has 180 valence electrons. The average Bonchev–Trinajstić information content (AvgIpc) is 2.88. The Labute approximate surface area is 211 Å². The molecule has 1 amide bonds. The molecular formula is C27H29ClN6O. The number of carbonyl (C=O) groups is 1. The van der Waals surface area contributed by atoms with Gasteiger partial charge >= 0.3 is 0 Å². The number of aromatic nitrogens is 3. The molecule has 0 aliphatic rings. The van der Waals surface area contributed by atoms with E-state index in [0.717, 1.165) is 27.9 Å². The van der Waals surface area contributed by atoms with Gasteiger partial charge in [-0.3, -0.25) is 9.78 Å². The molecule has 2 aromatic heterocycles. The van der Waals surface area contributed by atoms with Gasteiger partial charge in [0.25, 0.3) is 0 Å². The number of benzene rings is 2. The monoisotopic (exact) mass is 488 g/mol. The van der Waals surface area contributed by atoms with Gasteiger partial charge in [-0.2, -0.15) is 0 Å². The molecule has 2 heterocycles. The van der Waals surface area contributed by atoms with Crippen molar-refractivity contribution in [2.75, 3.05) is 18.4 Å². The number of aryl methyl sites for hydroxylation is 1. The minimum atomic E-state index is -0.198. The standard InChI is InChI=1S/C27H28N6O.ClH/c1-19-6-5-9-22(14-19)24-18-31-27(33-26(24)21-10-12-29-13-11-21)30-17-23(32-25(34)16-28)15-20-7-3-2-4-8-20;/h2-14,18,23H,15-17,28H2,1H3,(H,32,34)(H,30,31,33);1H/t23-;/m0./s1. The van der Waals surface area contributed by atoms with Crippen LogP contribution in [0.1, 0.15) is 11.1 Å². The van der Waals surface area contributed by atoms with Gasteiger partial charge in [-0.15, -0.1) is 12.4 Å². The van der Waals surface area contributed by atoms with Crippen molar-refractivity contribution in [3.05, 3.63) is 96.4 Å². The molecule has 7 nitrogen and oxygen atoms in total. The molecule has 0 aliphatic carbocycles. The summed E-state index contributed by atoms with van der Waals surface area (Å²) in [7, 11) is 0. The Kier molecular flexibility index (Phi) is 9.29. The van der Waals surface area contributed by atoms with E-state index < -0.39 is 0 Å². The number of nitrogens with one attached hydrogen (secondary N) is 2. The van der Waals surface area contributed by atoms with Crippen LogP contribution in [-0.4, -0.2) is 40.0 Å². The third-order valence-electron chi connectivity index (χ3n) is 5.45. The summed E-state index contributed by atoms with van der Waals surface area (Å²) in [5.74, 6) is 0.291. The average molecular weight is 489 g/mol. The largest absolute Gasteiger partial charge is 0.352 e. The second kappa shape index (κ2) is 12.6. The predicted molar refractivity (Wildman–Crippen MR) is 142 cm³/mol. The molecule has 0 radical (unpaired) electrons. The van der Waals surface area contributed by atoms with Crippen molar-refractivity contribution >= 4 is 24.3 Å². The second-order valence-electron chi connectivity index (χ2n) is 8.10. The van der Waals surface area contributed by atoms with Gasteiger partial charge in [-0.25, -0.2) is 9.97 Å². The van der Waals surface area contributed by atoms with Crippen LogP contribution in [0, 0.1) is 6.92 Å². The molecule has 0 unspecified atom stereocenters. The molecule has 8 heteroatoms. The summed E-state index contributed by atoms with van der Waals surface area (Å²) in [5.41, 5.74) is 11.6. The fourth-order valence-corrected chi connectivity index (χ4v) is 3.79. The number of nitrogens with two attached hydrogens (primary N) is 1. The highest BCUT2D eigenvalue weighted by atomic mass is 35.5. The maximum atomic E-state index is 12.0. The van der Waals surface area contributed by atoms with Crippen LogP contribution in [-0.2, 0) is 11.2 Å². The Morgan fingerprint density at radius 2 is 1.77 bits per heavy atom. The zero-order valence-corrected chi connectivity index (χ0v) is 20.3. The number of hydrogen-bond acceptors (Lipinski definition) is 6. The predicted octanol–water partition coefficient (Wildman–Crippen LogP) is 4.03. The van der Waals surface area contributed by atoms with Crippen molar-refractivity contribution in [3.63, 3.8) is 0 Å². The summed E-state index contributed by atoms with van der Waals surface area (Å²) >= 11 is 0. The highest BCUT2D eigenvalue weighted by Gasteiger charge is 2.15. The van der Waals surface area contributed by atoms with E-state index in [1.54, 1.807) is 12.4 Å². The topological polar surface area (TPSA) is 106 Å². The van der Waals surface area contributed by atoms with E-state index in [2.05, 4.69) is 45.7 Å². The molecule has 0 fully saturated rings. The minimum Gasteiger partial charge on any atom is -0.352 e.